The molecule has 5 N–H and O–H groups in total. The summed E-state index contributed by atoms with van der Waals surface area (Å²) in [5.41, 5.74) is 0. The fourth-order valence-electron chi connectivity index (χ4n) is 11.4. The van der Waals surface area contributed by atoms with Gasteiger partial charge in [-0.05, 0) is 113 Å². The molecule has 2 heterocycles. The Kier molecular flexibility index (Phi) is 32.5. The molecular formula is C67H114N12O12S. The Balaban J connectivity index is 3.15. The van der Waals surface area contributed by atoms with Crippen LogP contribution in [0.15, 0.2) is 41.6 Å². The number of nitrogens with zero attached hydrogens (tertiary/aromatic N) is 8. The van der Waals surface area contributed by atoms with E-state index >= 15 is 19.2 Å². The summed E-state index contributed by atoms with van der Waals surface area (Å²) in [6.07, 6.45) is 4.31. The van der Waals surface area contributed by atoms with Crippen LogP contribution in [0.2, 0.25) is 0 Å². The molecule has 1 aliphatic heterocycles. The molecule has 1 aromatic rings. The first-order chi connectivity index (χ1) is 42.7. The van der Waals surface area contributed by atoms with E-state index in [1.54, 1.807) is 78.8 Å². The Morgan fingerprint density at radius 3 is 1.53 bits per heavy atom. The molecule has 0 bridgehead atoms. The number of rotatable bonds is 17. The van der Waals surface area contributed by atoms with E-state index in [0.29, 0.717) is 5.03 Å². The number of pyridine rings is 1. The lowest BCUT2D eigenvalue weighted by atomic mass is 9.91. The molecule has 1 aliphatic rings. The Hall–Kier alpha value is -6.63. The van der Waals surface area contributed by atoms with E-state index in [-0.39, 0.29) is 62.2 Å². The molecule has 24 nitrogen and oxygen atoms in total. The Labute approximate surface area is 553 Å². The zero-order valence-electron chi connectivity index (χ0n) is 59.7. The fourth-order valence-corrected chi connectivity index (χ4v) is 12.7. The second-order valence-corrected chi connectivity index (χ2v) is 28.7. The molecule has 1 aromatic heterocycles. The number of allylic oxidation sites excluding steroid dienone is 2. The Morgan fingerprint density at radius 1 is 0.576 bits per heavy atom. The van der Waals surface area contributed by atoms with Gasteiger partial charge in [-0.3, -0.25) is 52.7 Å². The van der Waals surface area contributed by atoms with Gasteiger partial charge in [-0.1, -0.05) is 127 Å². The van der Waals surface area contributed by atoms with Gasteiger partial charge in [0.15, 0.2) is 4.87 Å². The second kappa shape index (κ2) is 36.7. The van der Waals surface area contributed by atoms with Crippen molar-refractivity contribution in [2.75, 3.05) is 55.9 Å². The molecule has 0 aliphatic carbocycles. The molecule has 11 amide bonds. The molecule has 25 heteroatoms. The summed E-state index contributed by atoms with van der Waals surface area (Å²) < 4.78 is 0. The van der Waals surface area contributed by atoms with Gasteiger partial charge >= 0.3 is 0 Å². The fraction of sp³-hybridized carbons (Fsp3) is 0.731. The van der Waals surface area contributed by atoms with E-state index in [4.69, 9.17) is 0 Å². The second-order valence-electron chi connectivity index (χ2n) is 27.4. The number of hydrogen-bond acceptors (Lipinski definition) is 14. The standard InChI is InChI=1S/C67H114N12O12S/c1-25-27-30-44(15)56(81)55-60(85)71-47(26-2)62(87)73(18)37-53(80)74(19)48(33-38(3)4)59(84)72-54(42(11)12)65(90)75(20)49(34-39(5)6)58(83)69-45(16)57(82)70-46(17)61(86)76(21)50(35-40(7)8)63(88)77(22)51(36-41(9)10)64(89)79(24)67(43(13)14,66(91)78(55)23)92-52-31-28-29-32-68-52/h25,27-29,31-32,38-51,54-56,81H,26,30,33-37H2,1-24H3,(H,69,83)(H,70,82)(H,71,85)(H,72,84)/b27-25+/t44-,45+,46-,47+,48+,49+,50+,51+,54+,55+,56-,67+/m1/s1. The van der Waals surface area contributed by atoms with Gasteiger partial charge in [0, 0.05) is 55.5 Å². The molecule has 92 heavy (non-hydrogen) atoms. The van der Waals surface area contributed by atoms with Gasteiger partial charge in [-0.25, -0.2) is 4.98 Å². The van der Waals surface area contributed by atoms with Crippen molar-refractivity contribution in [1.82, 2.24) is 60.6 Å². The van der Waals surface area contributed by atoms with Gasteiger partial charge in [0.1, 0.15) is 54.4 Å². The minimum absolute atomic E-state index is 0.00804. The minimum Gasteiger partial charge on any atom is -0.390 e. The maximum atomic E-state index is 16.2. The Morgan fingerprint density at radius 2 is 1.05 bits per heavy atom. The highest BCUT2D eigenvalue weighted by Gasteiger charge is 2.55. The van der Waals surface area contributed by atoms with Crippen molar-refractivity contribution in [2.24, 2.45) is 41.4 Å². The lowest BCUT2D eigenvalue weighted by Crippen LogP contribution is -2.67. The zero-order valence-corrected chi connectivity index (χ0v) is 60.5. The predicted molar refractivity (Wildman–Crippen MR) is 357 cm³/mol. The molecule has 2 rings (SSSR count). The van der Waals surface area contributed by atoms with Gasteiger partial charge in [0.05, 0.1) is 17.7 Å². The number of nitrogens with one attached hydrogen (secondary N) is 4. The monoisotopic (exact) mass is 1310 g/mol. The first kappa shape index (κ1) is 81.5. The van der Waals surface area contributed by atoms with Crippen molar-refractivity contribution in [1.29, 1.82) is 0 Å². The van der Waals surface area contributed by atoms with Crippen LogP contribution in [0.4, 0.5) is 0 Å². The van der Waals surface area contributed by atoms with Gasteiger partial charge in [0.25, 0.3) is 5.91 Å². The Bertz CT molecular complexity index is 2710. The van der Waals surface area contributed by atoms with Crippen LogP contribution in [0.5, 0.6) is 0 Å². The number of likely N-dealkylation sites (N-methyl/N-ethyl adjacent to an activating group) is 7. The maximum Gasteiger partial charge on any atom is 0.260 e. The molecule has 1 fully saturated rings. The normalized spacial score (nSPS) is 26.5. The molecule has 1 saturated heterocycles. The molecule has 520 valence electrons. The minimum atomic E-state index is -1.98. The highest BCUT2D eigenvalue weighted by Crippen LogP contribution is 2.43. The first-order valence-corrected chi connectivity index (χ1v) is 33.4. The van der Waals surface area contributed by atoms with Gasteiger partial charge in [0.2, 0.25) is 59.1 Å². The number of aliphatic hydroxyl groups is 1. The van der Waals surface area contributed by atoms with Crippen molar-refractivity contribution in [3.05, 3.63) is 36.5 Å². The third-order valence-electron chi connectivity index (χ3n) is 17.2. The number of thioether (sulfide) groups is 1. The maximum absolute atomic E-state index is 16.2. The van der Waals surface area contributed by atoms with Crippen LogP contribution in [0, 0.1) is 41.4 Å². The van der Waals surface area contributed by atoms with Crippen molar-refractivity contribution >= 4 is 76.7 Å². The number of hydrogen-bond donors (Lipinski definition) is 5. The van der Waals surface area contributed by atoms with Crippen molar-refractivity contribution in [3.63, 3.8) is 0 Å². The molecule has 0 radical (unpaired) electrons. The van der Waals surface area contributed by atoms with Gasteiger partial charge in [-0.15, -0.1) is 0 Å². The van der Waals surface area contributed by atoms with Crippen molar-refractivity contribution in [3.8, 4) is 0 Å². The third-order valence-corrected chi connectivity index (χ3v) is 18.9. The number of aromatic nitrogens is 1. The summed E-state index contributed by atoms with van der Waals surface area (Å²) in [5.74, 6) is -10.4. The molecular weight excluding hydrogens is 1200 g/mol. The molecule has 12 atom stereocenters. The SMILES string of the molecule is C/C=C/C[C@@H](C)[C@@H](O)[C@H]1C(=O)N[C@@H](CC)C(=O)N(C)CC(=O)N(C)[C@@H](CC(C)C)C(=O)N[C@@H](C(C)C)C(=O)N(C)[C@@H](CC(C)C)C(=O)N[C@@H](C)C(=O)N[C@H](C)C(=O)N(C)[C@@H](CC(C)C)C(=O)N(C)[C@@H](CC(C)C)C(=O)N(C)[C@](Sc2ccccn2)(C(C)C)C(=O)N1C. The summed E-state index contributed by atoms with van der Waals surface area (Å²) in [6.45, 7) is 29.3. The summed E-state index contributed by atoms with van der Waals surface area (Å²) in [4.78, 5) is 175. The van der Waals surface area contributed by atoms with Gasteiger partial charge < -0.3 is 60.7 Å². The molecule has 0 spiro atoms. The van der Waals surface area contributed by atoms with Crippen LogP contribution in [0.3, 0.4) is 0 Å². The summed E-state index contributed by atoms with van der Waals surface area (Å²) in [6, 6.07) is -6.40. The first-order valence-electron chi connectivity index (χ1n) is 32.6. The molecule has 0 unspecified atom stereocenters. The number of amides is 11. The van der Waals surface area contributed by atoms with Crippen LogP contribution >= 0.6 is 11.8 Å². The van der Waals surface area contributed by atoms with E-state index in [1.807, 2.05) is 55.4 Å². The quantitative estimate of drug-likeness (QED) is 0.131. The summed E-state index contributed by atoms with van der Waals surface area (Å²) in [7, 11) is 9.92. The van der Waals surface area contributed by atoms with Crippen molar-refractivity contribution < 1.29 is 57.8 Å². The van der Waals surface area contributed by atoms with E-state index in [2.05, 4.69) is 26.3 Å². The predicted octanol–water partition coefficient (Wildman–Crippen LogP) is 4.78. The third kappa shape index (κ3) is 21.5. The zero-order chi connectivity index (χ0) is 70.7. The number of aliphatic hydroxyl groups excluding tert-OH is 1. The van der Waals surface area contributed by atoms with Crippen LogP contribution in [-0.4, -0.2) is 231 Å². The van der Waals surface area contributed by atoms with Crippen LogP contribution in [0.25, 0.3) is 0 Å². The lowest BCUT2D eigenvalue weighted by molar-refractivity contribution is -0.159. The van der Waals surface area contributed by atoms with Crippen LogP contribution < -0.4 is 21.3 Å². The van der Waals surface area contributed by atoms with Gasteiger partial charge in [-0.2, -0.15) is 0 Å². The highest BCUT2D eigenvalue weighted by atomic mass is 32.2. The van der Waals surface area contributed by atoms with Crippen LogP contribution in [0.1, 0.15) is 156 Å². The largest absolute Gasteiger partial charge is 0.390 e. The van der Waals surface area contributed by atoms with Crippen molar-refractivity contribution in [2.45, 2.75) is 227 Å². The highest BCUT2D eigenvalue weighted by molar-refractivity contribution is 8.01. The average molecular weight is 1310 g/mol. The van der Waals surface area contributed by atoms with Crippen LogP contribution in [-0.2, 0) is 52.7 Å². The smallest absolute Gasteiger partial charge is 0.260 e. The van der Waals surface area contributed by atoms with E-state index < -0.39 is 155 Å². The summed E-state index contributed by atoms with van der Waals surface area (Å²) >= 11 is 0.951. The topological polar surface area (TPSA) is 292 Å². The average Bonchev–Trinajstić information content (AvgIpc) is 0.757. The van der Waals surface area contributed by atoms with E-state index in [1.165, 1.54) is 93.9 Å². The number of carbonyl (C=O) groups is 11. The molecule has 0 saturated carbocycles. The summed E-state index contributed by atoms with van der Waals surface area (Å²) in [5, 5.41) is 23.8. The van der Waals surface area contributed by atoms with E-state index in [9.17, 15) is 38.7 Å². The number of carbonyl (C=O) groups excluding carboxylic acids is 11. The lowest BCUT2D eigenvalue weighted by Gasteiger charge is -2.48. The molecule has 0 aromatic carbocycles. The van der Waals surface area contributed by atoms with E-state index in [0.717, 1.165) is 21.6 Å².